The number of nitrogens with zero attached hydrogens (tertiary/aromatic N) is 1. The number of carbonyl (C=O) groups is 2. The molecule has 1 aliphatic rings. The second-order valence-electron chi connectivity index (χ2n) is 6.41. The van der Waals surface area contributed by atoms with Gasteiger partial charge in [0.05, 0.1) is 0 Å². The molecule has 1 heterocycles. The number of unbranched alkanes of at least 4 members (excludes halogenated alkanes) is 2. The van der Waals surface area contributed by atoms with Gasteiger partial charge in [0.1, 0.15) is 6.10 Å². The molecule has 24 heavy (non-hydrogen) atoms. The molecule has 0 saturated carbocycles. The van der Waals surface area contributed by atoms with Gasteiger partial charge in [0, 0.05) is 39.5 Å². The average Bonchev–Trinajstić information content (AvgIpc) is 2.98. The van der Waals surface area contributed by atoms with E-state index in [1.54, 1.807) is 0 Å². The van der Waals surface area contributed by atoms with Crippen molar-refractivity contribution in [3.63, 3.8) is 0 Å². The first-order valence-electron chi connectivity index (χ1n) is 8.83. The summed E-state index contributed by atoms with van der Waals surface area (Å²) in [5.74, 6) is -0.100. The van der Waals surface area contributed by atoms with Gasteiger partial charge in [0.2, 0.25) is 5.91 Å². The van der Waals surface area contributed by atoms with Gasteiger partial charge in [-0.3, -0.25) is 14.5 Å². The van der Waals surface area contributed by atoms with E-state index in [-0.39, 0.29) is 18.0 Å². The van der Waals surface area contributed by atoms with Crippen LogP contribution in [0.5, 0.6) is 0 Å². The lowest BCUT2D eigenvalue weighted by Gasteiger charge is -2.16. The van der Waals surface area contributed by atoms with Crippen molar-refractivity contribution in [1.29, 1.82) is 0 Å². The number of nitrogens with one attached hydrogen (secondary N) is 1. The summed E-state index contributed by atoms with van der Waals surface area (Å²) < 4.78 is 5.57. The molecule has 0 radical (unpaired) electrons. The summed E-state index contributed by atoms with van der Waals surface area (Å²) in [4.78, 5) is 25.0. The van der Waals surface area contributed by atoms with E-state index < -0.39 is 0 Å². The molecule has 1 aromatic carbocycles. The molecule has 1 saturated heterocycles. The Hall–Kier alpha value is -1.88. The number of rotatable bonds is 9. The normalized spacial score (nSPS) is 17.6. The van der Waals surface area contributed by atoms with Crippen molar-refractivity contribution in [3.05, 3.63) is 35.9 Å². The molecule has 0 bridgehead atoms. The molecule has 0 unspecified atom stereocenters. The number of esters is 1. The minimum Gasteiger partial charge on any atom is -0.461 e. The van der Waals surface area contributed by atoms with E-state index in [1.165, 1.54) is 12.5 Å². The molecule has 1 aromatic rings. The third-order valence-corrected chi connectivity index (χ3v) is 4.21. The molecular weight excluding hydrogens is 304 g/mol. The lowest BCUT2D eigenvalue weighted by molar-refractivity contribution is -0.148. The Morgan fingerprint density at radius 1 is 1.21 bits per heavy atom. The fraction of sp³-hybridized carbons (Fsp3) is 0.579. The van der Waals surface area contributed by atoms with Crippen LogP contribution < -0.4 is 5.32 Å². The number of carbonyl (C=O) groups excluding carboxylic acids is 2. The van der Waals surface area contributed by atoms with Crippen LogP contribution in [0.15, 0.2) is 30.3 Å². The van der Waals surface area contributed by atoms with Crippen molar-refractivity contribution in [2.45, 2.75) is 51.7 Å². The average molecular weight is 332 g/mol. The number of benzene rings is 1. The standard InChI is InChI=1S/C19H28N2O3/c1-16(22)20-12-7-3-6-10-19(23)24-18-11-13-21(15-18)14-17-8-4-2-5-9-17/h2,4-5,8-9,18H,3,6-7,10-15H2,1H3,(H,20,22)/t18-/m1/s1. The lowest BCUT2D eigenvalue weighted by Crippen LogP contribution is -2.24. The monoisotopic (exact) mass is 332 g/mol. The highest BCUT2D eigenvalue weighted by Crippen LogP contribution is 2.17. The summed E-state index contributed by atoms with van der Waals surface area (Å²) in [6.07, 6.45) is 4.07. The van der Waals surface area contributed by atoms with Crippen LogP contribution in [0.4, 0.5) is 0 Å². The molecule has 1 aliphatic heterocycles. The zero-order valence-corrected chi connectivity index (χ0v) is 14.5. The molecular formula is C19H28N2O3. The van der Waals surface area contributed by atoms with Crippen molar-refractivity contribution < 1.29 is 14.3 Å². The van der Waals surface area contributed by atoms with Crippen molar-refractivity contribution in [1.82, 2.24) is 10.2 Å². The van der Waals surface area contributed by atoms with Crippen molar-refractivity contribution in [2.75, 3.05) is 19.6 Å². The van der Waals surface area contributed by atoms with Crippen LogP contribution in [-0.2, 0) is 20.9 Å². The summed E-state index contributed by atoms with van der Waals surface area (Å²) >= 11 is 0. The number of hydrogen-bond donors (Lipinski definition) is 1. The second kappa shape index (κ2) is 10.1. The maximum absolute atomic E-state index is 11.9. The predicted octanol–water partition coefficient (Wildman–Crippen LogP) is 2.50. The van der Waals surface area contributed by atoms with E-state index in [9.17, 15) is 9.59 Å². The van der Waals surface area contributed by atoms with Crippen LogP contribution in [0, 0.1) is 0 Å². The number of amides is 1. The Kier molecular flexibility index (Phi) is 7.75. The van der Waals surface area contributed by atoms with Crippen molar-refractivity contribution in [3.8, 4) is 0 Å². The van der Waals surface area contributed by atoms with Gasteiger partial charge in [-0.25, -0.2) is 0 Å². The molecule has 1 amide bonds. The Balaban J connectivity index is 1.55. The van der Waals surface area contributed by atoms with Crippen LogP contribution in [-0.4, -0.2) is 42.5 Å². The van der Waals surface area contributed by atoms with Crippen molar-refractivity contribution in [2.24, 2.45) is 0 Å². The number of hydrogen-bond acceptors (Lipinski definition) is 4. The van der Waals surface area contributed by atoms with Gasteiger partial charge in [0.25, 0.3) is 0 Å². The van der Waals surface area contributed by atoms with Crippen LogP contribution in [0.2, 0.25) is 0 Å². The lowest BCUT2D eigenvalue weighted by atomic mass is 10.2. The van der Waals surface area contributed by atoms with Gasteiger partial charge in [-0.15, -0.1) is 0 Å². The molecule has 0 aromatic heterocycles. The first-order chi connectivity index (χ1) is 11.6. The second-order valence-corrected chi connectivity index (χ2v) is 6.41. The first kappa shape index (κ1) is 18.5. The Morgan fingerprint density at radius 2 is 2.00 bits per heavy atom. The fourth-order valence-corrected chi connectivity index (χ4v) is 2.96. The molecule has 2 rings (SSSR count). The first-order valence-corrected chi connectivity index (χ1v) is 8.83. The van der Waals surface area contributed by atoms with Crippen molar-refractivity contribution >= 4 is 11.9 Å². The maximum atomic E-state index is 11.9. The molecule has 5 heteroatoms. The minimum absolute atomic E-state index is 0.00398. The van der Waals surface area contributed by atoms with Gasteiger partial charge in [-0.2, -0.15) is 0 Å². The van der Waals surface area contributed by atoms with Crippen LogP contribution >= 0.6 is 0 Å². The third-order valence-electron chi connectivity index (χ3n) is 4.21. The van der Waals surface area contributed by atoms with Gasteiger partial charge in [-0.05, 0) is 24.8 Å². The quantitative estimate of drug-likeness (QED) is 0.557. The van der Waals surface area contributed by atoms with E-state index in [0.717, 1.165) is 45.3 Å². The highest BCUT2D eigenvalue weighted by Gasteiger charge is 2.25. The zero-order valence-electron chi connectivity index (χ0n) is 14.5. The number of ether oxygens (including phenoxy) is 1. The smallest absolute Gasteiger partial charge is 0.306 e. The van der Waals surface area contributed by atoms with Crippen LogP contribution in [0.25, 0.3) is 0 Å². The summed E-state index contributed by atoms with van der Waals surface area (Å²) in [7, 11) is 0. The Labute approximate surface area is 144 Å². The van der Waals surface area contributed by atoms with Gasteiger partial charge < -0.3 is 10.1 Å². The van der Waals surface area contributed by atoms with Crippen LogP contribution in [0.3, 0.4) is 0 Å². The highest BCUT2D eigenvalue weighted by molar-refractivity contribution is 5.72. The minimum atomic E-state index is -0.0962. The van der Waals surface area contributed by atoms with Gasteiger partial charge in [0.15, 0.2) is 0 Å². The molecule has 0 spiro atoms. The van der Waals surface area contributed by atoms with E-state index in [1.807, 2.05) is 6.07 Å². The molecule has 1 atom stereocenters. The van der Waals surface area contributed by atoms with E-state index >= 15 is 0 Å². The molecule has 5 nitrogen and oxygen atoms in total. The van der Waals surface area contributed by atoms with E-state index in [2.05, 4.69) is 34.5 Å². The van der Waals surface area contributed by atoms with Gasteiger partial charge >= 0.3 is 5.97 Å². The summed E-state index contributed by atoms with van der Waals surface area (Å²) in [6.45, 7) is 4.91. The number of likely N-dealkylation sites (tertiary alicyclic amines) is 1. The van der Waals surface area contributed by atoms with E-state index in [0.29, 0.717) is 13.0 Å². The summed E-state index contributed by atoms with van der Waals surface area (Å²) in [5, 5.41) is 2.76. The Bertz CT molecular complexity index is 519. The molecule has 1 fully saturated rings. The zero-order chi connectivity index (χ0) is 17.2. The van der Waals surface area contributed by atoms with Gasteiger partial charge in [-0.1, -0.05) is 36.8 Å². The topological polar surface area (TPSA) is 58.6 Å². The maximum Gasteiger partial charge on any atom is 0.306 e. The molecule has 132 valence electrons. The fourth-order valence-electron chi connectivity index (χ4n) is 2.96. The molecule has 0 aliphatic carbocycles. The van der Waals surface area contributed by atoms with Crippen LogP contribution in [0.1, 0.15) is 44.6 Å². The van der Waals surface area contributed by atoms with E-state index in [4.69, 9.17) is 4.74 Å². The highest BCUT2D eigenvalue weighted by atomic mass is 16.5. The largest absolute Gasteiger partial charge is 0.461 e. The molecule has 1 N–H and O–H groups in total. The predicted molar refractivity (Wildman–Crippen MR) is 93.4 cm³/mol. The third kappa shape index (κ3) is 7.13. The SMILES string of the molecule is CC(=O)NCCCCCC(=O)O[C@@H]1CCN(Cc2ccccc2)C1. The Morgan fingerprint density at radius 3 is 2.75 bits per heavy atom. The summed E-state index contributed by atoms with van der Waals surface area (Å²) in [6, 6.07) is 10.4. The summed E-state index contributed by atoms with van der Waals surface area (Å²) in [5.41, 5.74) is 1.30.